The van der Waals surface area contributed by atoms with Gasteiger partial charge in [0.15, 0.2) is 9.84 Å². The van der Waals surface area contributed by atoms with E-state index in [1.807, 2.05) is 18.8 Å². The molecule has 0 aliphatic carbocycles. The SMILES string of the molecule is CSCCCN(C)c1ccc(S(C)(=O)=O)cc1N. The smallest absolute Gasteiger partial charge is 0.175 e. The standard InChI is InChI=1S/C12H20N2O2S2/c1-14(7-4-8-17-2)12-6-5-10(9-11(12)13)18(3,15)16/h5-6,9H,4,7-8,13H2,1-3H3. The number of thioether (sulfide) groups is 1. The van der Waals surface area contributed by atoms with Gasteiger partial charge in [-0.05, 0) is 36.6 Å². The quantitative estimate of drug-likeness (QED) is 0.639. The van der Waals surface area contributed by atoms with Gasteiger partial charge in [0.2, 0.25) is 0 Å². The van der Waals surface area contributed by atoms with Crippen molar-refractivity contribution in [2.75, 3.05) is 42.5 Å². The monoisotopic (exact) mass is 288 g/mol. The number of hydrogen-bond acceptors (Lipinski definition) is 5. The highest BCUT2D eigenvalue weighted by Gasteiger charge is 2.11. The van der Waals surface area contributed by atoms with Gasteiger partial charge >= 0.3 is 0 Å². The predicted octanol–water partition coefficient (Wildman–Crippen LogP) is 1.86. The lowest BCUT2D eigenvalue weighted by Gasteiger charge is -2.21. The summed E-state index contributed by atoms with van der Waals surface area (Å²) in [4.78, 5) is 2.32. The van der Waals surface area contributed by atoms with E-state index in [0.717, 1.165) is 24.4 Å². The molecular weight excluding hydrogens is 268 g/mol. The van der Waals surface area contributed by atoms with E-state index in [-0.39, 0.29) is 4.90 Å². The van der Waals surface area contributed by atoms with Crippen molar-refractivity contribution >= 4 is 33.0 Å². The average Bonchev–Trinajstić information content (AvgIpc) is 2.27. The predicted molar refractivity (Wildman–Crippen MR) is 80.2 cm³/mol. The zero-order valence-electron chi connectivity index (χ0n) is 11.0. The van der Waals surface area contributed by atoms with E-state index in [1.54, 1.807) is 12.1 Å². The third-order valence-corrected chi connectivity index (χ3v) is 4.49. The Balaban J connectivity index is 2.85. The lowest BCUT2D eigenvalue weighted by molar-refractivity contribution is 0.602. The maximum Gasteiger partial charge on any atom is 0.175 e. The fourth-order valence-corrected chi connectivity index (χ4v) is 2.75. The van der Waals surface area contributed by atoms with E-state index in [9.17, 15) is 8.42 Å². The third-order valence-electron chi connectivity index (χ3n) is 2.68. The average molecular weight is 288 g/mol. The maximum absolute atomic E-state index is 11.4. The topological polar surface area (TPSA) is 63.4 Å². The van der Waals surface area contributed by atoms with Crippen LogP contribution < -0.4 is 10.6 Å². The van der Waals surface area contributed by atoms with Crippen molar-refractivity contribution in [3.63, 3.8) is 0 Å². The molecule has 0 bridgehead atoms. The van der Waals surface area contributed by atoms with Crippen LogP contribution in [0.3, 0.4) is 0 Å². The molecule has 0 aliphatic heterocycles. The Morgan fingerprint density at radius 1 is 1.39 bits per heavy atom. The van der Waals surface area contributed by atoms with Gasteiger partial charge in [0.05, 0.1) is 16.3 Å². The molecule has 0 saturated heterocycles. The molecule has 0 unspecified atom stereocenters. The molecule has 6 heteroatoms. The molecule has 1 rings (SSSR count). The van der Waals surface area contributed by atoms with Crippen LogP contribution >= 0.6 is 11.8 Å². The van der Waals surface area contributed by atoms with E-state index in [1.165, 1.54) is 12.3 Å². The molecule has 0 fully saturated rings. The summed E-state index contributed by atoms with van der Waals surface area (Å²) in [6.45, 7) is 0.906. The number of anilines is 2. The van der Waals surface area contributed by atoms with Gasteiger partial charge in [0.1, 0.15) is 0 Å². The first kappa shape index (κ1) is 15.2. The second kappa shape index (κ2) is 6.33. The largest absolute Gasteiger partial charge is 0.397 e. The molecule has 1 aromatic rings. The van der Waals surface area contributed by atoms with Gasteiger partial charge in [-0.15, -0.1) is 0 Å². The lowest BCUT2D eigenvalue weighted by Crippen LogP contribution is -2.20. The van der Waals surface area contributed by atoms with Crippen LogP contribution in [0.25, 0.3) is 0 Å². The Morgan fingerprint density at radius 3 is 2.56 bits per heavy atom. The number of nitrogens with two attached hydrogens (primary N) is 1. The third kappa shape index (κ3) is 4.10. The van der Waals surface area contributed by atoms with Gasteiger partial charge in [-0.25, -0.2) is 8.42 Å². The van der Waals surface area contributed by atoms with Crippen molar-refractivity contribution in [1.82, 2.24) is 0 Å². The maximum atomic E-state index is 11.4. The van der Waals surface area contributed by atoms with E-state index >= 15 is 0 Å². The minimum absolute atomic E-state index is 0.265. The number of benzene rings is 1. The zero-order chi connectivity index (χ0) is 13.8. The first-order valence-corrected chi connectivity index (χ1v) is 8.94. The second-order valence-corrected chi connectivity index (χ2v) is 7.26. The Hall–Kier alpha value is -0.880. The molecular formula is C12H20N2O2S2. The van der Waals surface area contributed by atoms with Crippen molar-refractivity contribution in [3.05, 3.63) is 18.2 Å². The summed E-state index contributed by atoms with van der Waals surface area (Å²) >= 11 is 1.81. The van der Waals surface area contributed by atoms with Crippen LogP contribution in [-0.4, -0.2) is 40.3 Å². The fourth-order valence-electron chi connectivity index (χ4n) is 1.68. The van der Waals surface area contributed by atoms with Crippen LogP contribution in [-0.2, 0) is 9.84 Å². The second-order valence-electron chi connectivity index (χ2n) is 4.26. The normalized spacial score (nSPS) is 11.5. The number of rotatable bonds is 6. The van der Waals surface area contributed by atoms with Crippen molar-refractivity contribution < 1.29 is 8.42 Å². The Kier molecular flexibility index (Phi) is 5.34. The number of hydrogen-bond donors (Lipinski definition) is 1. The number of nitrogens with zero attached hydrogens (tertiary/aromatic N) is 1. The number of nitrogen functional groups attached to an aromatic ring is 1. The van der Waals surface area contributed by atoms with Crippen LogP contribution in [0.5, 0.6) is 0 Å². The van der Waals surface area contributed by atoms with Crippen LogP contribution in [0.2, 0.25) is 0 Å². The molecule has 4 nitrogen and oxygen atoms in total. The van der Waals surface area contributed by atoms with Crippen LogP contribution in [0, 0.1) is 0 Å². The molecule has 0 amide bonds. The Bertz CT molecular complexity index is 501. The Labute approximate surface area is 113 Å². The van der Waals surface area contributed by atoms with Gasteiger partial charge in [0, 0.05) is 19.8 Å². The molecule has 0 saturated carbocycles. The molecule has 0 atom stereocenters. The van der Waals surface area contributed by atoms with Crippen molar-refractivity contribution in [2.24, 2.45) is 0 Å². The van der Waals surface area contributed by atoms with Gasteiger partial charge in [-0.2, -0.15) is 11.8 Å². The summed E-state index contributed by atoms with van der Waals surface area (Å²) in [6, 6.07) is 4.90. The Morgan fingerprint density at radius 2 is 2.06 bits per heavy atom. The summed E-state index contributed by atoms with van der Waals surface area (Å²) in [7, 11) is -1.23. The zero-order valence-corrected chi connectivity index (χ0v) is 12.6. The van der Waals surface area contributed by atoms with Crippen LogP contribution in [0.4, 0.5) is 11.4 Å². The summed E-state index contributed by atoms with van der Waals surface area (Å²) in [5, 5.41) is 0. The molecule has 0 spiro atoms. The summed E-state index contributed by atoms with van der Waals surface area (Å²) in [6.07, 6.45) is 4.34. The van der Waals surface area contributed by atoms with E-state index < -0.39 is 9.84 Å². The number of sulfone groups is 1. The first-order chi connectivity index (χ1) is 8.36. The first-order valence-electron chi connectivity index (χ1n) is 5.66. The molecule has 0 aromatic heterocycles. The molecule has 18 heavy (non-hydrogen) atoms. The van der Waals surface area contributed by atoms with Crippen LogP contribution in [0.15, 0.2) is 23.1 Å². The fraction of sp³-hybridized carbons (Fsp3) is 0.500. The van der Waals surface area contributed by atoms with Crippen molar-refractivity contribution in [1.29, 1.82) is 0 Å². The van der Waals surface area contributed by atoms with Gasteiger partial charge in [-0.3, -0.25) is 0 Å². The molecule has 0 heterocycles. The van der Waals surface area contributed by atoms with E-state index in [2.05, 4.69) is 11.2 Å². The molecule has 0 radical (unpaired) electrons. The molecule has 0 aliphatic rings. The highest BCUT2D eigenvalue weighted by molar-refractivity contribution is 7.98. The highest BCUT2D eigenvalue weighted by atomic mass is 32.2. The van der Waals surface area contributed by atoms with E-state index in [0.29, 0.717) is 5.69 Å². The molecule has 2 N–H and O–H groups in total. The van der Waals surface area contributed by atoms with Crippen molar-refractivity contribution in [2.45, 2.75) is 11.3 Å². The summed E-state index contributed by atoms with van der Waals surface area (Å²) in [5.41, 5.74) is 7.29. The van der Waals surface area contributed by atoms with Crippen molar-refractivity contribution in [3.8, 4) is 0 Å². The van der Waals surface area contributed by atoms with Crippen LogP contribution in [0.1, 0.15) is 6.42 Å². The molecule has 102 valence electrons. The minimum Gasteiger partial charge on any atom is -0.397 e. The minimum atomic E-state index is -3.19. The molecule has 1 aromatic carbocycles. The lowest BCUT2D eigenvalue weighted by atomic mass is 10.2. The van der Waals surface area contributed by atoms with Gasteiger partial charge in [0.25, 0.3) is 0 Å². The van der Waals surface area contributed by atoms with Gasteiger partial charge in [-0.1, -0.05) is 0 Å². The van der Waals surface area contributed by atoms with E-state index in [4.69, 9.17) is 5.73 Å². The van der Waals surface area contributed by atoms with Gasteiger partial charge < -0.3 is 10.6 Å². The summed E-state index contributed by atoms with van der Waals surface area (Å²) < 4.78 is 22.8. The highest BCUT2D eigenvalue weighted by Crippen LogP contribution is 2.25. The summed E-state index contributed by atoms with van der Waals surface area (Å²) in [5.74, 6) is 1.10.